The molecule has 1 heterocycles. The van der Waals surface area contributed by atoms with Crippen molar-refractivity contribution in [3.63, 3.8) is 0 Å². The lowest BCUT2D eigenvalue weighted by atomic mass is 10.1. The van der Waals surface area contributed by atoms with Gasteiger partial charge in [0.15, 0.2) is 11.0 Å². The number of halogens is 2. The summed E-state index contributed by atoms with van der Waals surface area (Å²) in [4.78, 5) is 13.9. The molecule has 0 aliphatic heterocycles. The fraction of sp³-hybridized carbons (Fsp3) is 0.393. The van der Waals surface area contributed by atoms with Crippen molar-refractivity contribution < 1.29 is 9.36 Å². The lowest BCUT2D eigenvalue weighted by molar-refractivity contribution is -0.647. The van der Waals surface area contributed by atoms with Crippen LogP contribution in [0.2, 0.25) is 10.0 Å². The molecule has 7 nitrogen and oxygen atoms in total. The molecule has 0 unspecified atom stereocenters. The average Bonchev–Trinajstić information content (AvgIpc) is 3.14. The van der Waals surface area contributed by atoms with E-state index in [0.29, 0.717) is 42.5 Å². The van der Waals surface area contributed by atoms with E-state index in [-0.39, 0.29) is 5.91 Å². The molecule has 3 rings (SSSR count). The van der Waals surface area contributed by atoms with Gasteiger partial charge >= 0.3 is 0 Å². The zero-order valence-corrected chi connectivity index (χ0v) is 23.0. The van der Waals surface area contributed by atoms with Crippen molar-refractivity contribution in [1.82, 2.24) is 9.88 Å². The van der Waals surface area contributed by atoms with E-state index in [2.05, 4.69) is 61.8 Å². The van der Waals surface area contributed by atoms with Crippen LogP contribution < -0.4 is 20.5 Å². The van der Waals surface area contributed by atoms with Gasteiger partial charge in [0.25, 0.3) is 5.82 Å². The van der Waals surface area contributed by atoms with Gasteiger partial charge in [-0.15, -0.1) is 0 Å². The number of rotatable bonds is 13. The molecule has 196 valence electrons. The third kappa shape index (κ3) is 7.72. The number of carbonyl (C=O) groups excluding carboxylic acids is 1. The smallest absolute Gasteiger partial charge is 0.282 e. The van der Waals surface area contributed by atoms with Crippen molar-refractivity contribution in [3.8, 4) is 6.07 Å². The number of fused-ring (bicyclic) bond motifs is 1. The maximum absolute atomic E-state index is 11.8. The van der Waals surface area contributed by atoms with Gasteiger partial charge in [-0.1, -0.05) is 35.3 Å². The van der Waals surface area contributed by atoms with Gasteiger partial charge in [0.2, 0.25) is 5.91 Å². The summed E-state index contributed by atoms with van der Waals surface area (Å²) in [5.41, 5.74) is 9.62. The number of amides is 1. The van der Waals surface area contributed by atoms with Gasteiger partial charge in [0.05, 0.1) is 36.1 Å². The number of nitrogens with two attached hydrogens (primary N) is 1. The first kappa shape index (κ1) is 28.5. The van der Waals surface area contributed by atoms with E-state index in [4.69, 9.17) is 34.2 Å². The van der Waals surface area contributed by atoms with Crippen LogP contribution in [0.4, 0.5) is 5.69 Å². The number of anilines is 1. The zero-order chi connectivity index (χ0) is 26.8. The highest BCUT2D eigenvalue weighted by Gasteiger charge is 2.22. The maximum Gasteiger partial charge on any atom is 0.282 e. The summed E-state index contributed by atoms with van der Waals surface area (Å²) in [6, 6.07) is 14.3. The Morgan fingerprint density at radius 2 is 1.89 bits per heavy atom. The van der Waals surface area contributed by atoms with Gasteiger partial charge < -0.3 is 16.0 Å². The summed E-state index contributed by atoms with van der Waals surface area (Å²) in [6.07, 6.45) is 7.90. The van der Waals surface area contributed by atoms with Crippen LogP contribution in [0, 0.1) is 11.3 Å². The van der Waals surface area contributed by atoms with E-state index >= 15 is 0 Å². The highest BCUT2D eigenvalue weighted by atomic mass is 35.5. The number of nitrogens with zero attached hydrogens (tertiary/aromatic N) is 4. The lowest BCUT2D eigenvalue weighted by Crippen LogP contribution is -2.31. The molecule has 1 aromatic heterocycles. The molecule has 0 aliphatic rings. The molecule has 37 heavy (non-hydrogen) atoms. The van der Waals surface area contributed by atoms with E-state index < -0.39 is 0 Å². The van der Waals surface area contributed by atoms with Crippen molar-refractivity contribution in [3.05, 3.63) is 57.8 Å². The van der Waals surface area contributed by atoms with Crippen LogP contribution in [0.5, 0.6) is 0 Å². The van der Waals surface area contributed by atoms with E-state index in [9.17, 15) is 4.79 Å². The topological polar surface area (TPSA) is 91.0 Å². The molecule has 1 amide bonds. The Kier molecular flexibility index (Phi) is 10.8. The van der Waals surface area contributed by atoms with Crippen molar-refractivity contribution in [2.45, 2.75) is 38.6 Å². The minimum absolute atomic E-state index is 0.0515. The van der Waals surface area contributed by atoms with Gasteiger partial charge in [-0.2, -0.15) is 5.26 Å². The summed E-state index contributed by atoms with van der Waals surface area (Å²) in [7, 11) is 4.02. The quantitative estimate of drug-likeness (QED) is 0.237. The fourth-order valence-corrected chi connectivity index (χ4v) is 4.58. The van der Waals surface area contributed by atoms with Gasteiger partial charge in [0.1, 0.15) is 0 Å². The van der Waals surface area contributed by atoms with Crippen molar-refractivity contribution in [2.24, 2.45) is 12.8 Å². The number of unbranched alkanes of at least 4 members (excludes halogenated alkanes) is 2. The lowest BCUT2D eigenvalue weighted by Gasteiger charge is -2.17. The van der Waals surface area contributed by atoms with Crippen LogP contribution >= 0.6 is 23.2 Å². The van der Waals surface area contributed by atoms with E-state index in [1.807, 2.05) is 26.2 Å². The first-order valence-corrected chi connectivity index (χ1v) is 13.3. The largest absolute Gasteiger partial charge is 0.374 e. The standard InChI is InChI=1S/C28H34Cl2N6O/c1-34(17-6-14-31)22-11-8-21(9-12-22)10-13-28-35(2)25-19-23(29)24(30)20-26(25)36(28)18-5-3-4-7-27(37)33-16-15-32/h8-13,19-20H,3-7,15-18,32H2,1-2H3/p+1. The van der Waals surface area contributed by atoms with Crippen LogP contribution in [-0.2, 0) is 18.4 Å². The summed E-state index contributed by atoms with van der Waals surface area (Å²) in [6.45, 7) is 2.47. The highest BCUT2D eigenvalue weighted by molar-refractivity contribution is 6.42. The van der Waals surface area contributed by atoms with Crippen molar-refractivity contribution in [2.75, 3.05) is 31.6 Å². The predicted molar refractivity (Wildman–Crippen MR) is 153 cm³/mol. The van der Waals surface area contributed by atoms with Gasteiger partial charge in [-0.05, 0) is 43.0 Å². The Labute approximate surface area is 229 Å². The minimum atomic E-state index is 0.0515. The second-order valence-electron chi connectivity index (χ2n) is 9.03. The summed E-state index contributed by atoms with van der Waals surface area (Å²) in [5, 5.41) is 12.7. The first-order valence-electron chi connectivity index (χ1n) is 12.6. The zero-order valence-electron chi connectivity index (χ0n) is 21.5. The number of aromatic nitrogens is 2. The molecular formula is C28H35Cl2N6O+. The maximum atomic E-state index is 11.8. The summed E-state index contributed by atoms with van der Waals surface area (Å²) >= 11 is 12.7. The third-order valence-electron chi connectivity index (χ3n) is 6.36. The number of carbonyl (C=O) groups is 1. The van der Waals surface area contributed by atoms with Crippen molar-refractivity contribution in [1.29, 1.82) is 5.26 Å². The van der Waals surface area contributed by atoms with Crippen LogP contribution in [0.3, 0.4) is 0 Å². The van der Waals surface area contributed by atoms with Crippen molar-refractivity contribution >= 4 is 58.0 Å². The Hall–Kier alpha value is -3.05. The third-order valence-corrected chi connectivity index (χ3v) is 7.08. The molecule has 3 N–H and O–H groups in total. The minimum Gasteiger partial charge on any atom is -0.374 e. The number of nitrogens with one attached hydrogen (secondary N) is 1. The van der Waals surface area contributed by atoms with E-state index in [1.165, 1.54) is 0 Å². The Morgan fingerprint density at radius 1 is 1.16 bits per heavy atom. The molecule has 3 aromatic rings. The molecule has 0 saturated heterocycles. The Bertz CT molecular complexity index is 1280. The average molecular weight is 543 g/mol. The van der Waals surface area contributed by atoms with E-state index in [0.717, 1.165) is 53.9 Å². The molecule has 2 aromatic carbocycles. The Balaban J connectivity index is 1.78. The molecule has 0 bridgehead atoms. The van der Waals surface area contributed by atoms with Crippen LogP contribution in [-0.4, -0.2) is 37.2 Å². The summed E-state index contributed by atoms with van der Waals surface area (Å²) < 4.78 is 4.38. The molecule has 0 saturated carbocycles. The monoisotopic (exact) mass is 541 g/mol. The molecule has 0 spiro atoms. The first-order chi connectivity index (χ1) is 17.8. The number of benzene rings is 2. The van der Waals surface area contributed by atoms with Crippen LogP contribution in [0.15, 0.2) is 36.4 Å². The van der Waals surface area contributed by atoms with Gasteiger partial charge in [-0.3, -0.25) is 4.79 Å². The SMILES string of the molecule is CN(CCC#N)c1ccc(/C=C/c2n(CCCCCC(=O)NCCN)c3cc(Cl)c(Cl)cc3[n+]2C)cc1. The Morgan fingerprint density at radius 3 is 2.59 bits per heavy atom. The van der Waals surface area contributed by atoms with E-state index in [1.54, 1.807) is 0 Å². The highest BCUT2D eigenvalue weighted by Crippen LogP contribution is 2.28. The molecule has 9 heteroatoms. The molecular weight excluding hydrogens is 507 g/mol. The normalized spacial score (nSPS) is 11.2. The molecule has 0 aliphatic carbocycles. The molecule has 0 atom stereocenters. The number of nitriles is 1. The number of hydrogen-bond acceptors (Lipinski definition) is 4. The second kappa shape index (κ2) is 14.0. The van der Waals surface area contributed by atoms with Gasteiger partial charge in [-0.25, -0.2) is 9.13 Å². The predicted octanol–water partition coefficient (Wildman–Crippen LogP) is 4.93. The fourth-order valence-electron chi connectivity index (χ4n) is 4.27. The second-order valence-corrected chi connectivity index (χ2v) is 9.84. The molecule has 0 fully saturated rings. The number of imidazole rings is 1. The number of aryl methyl sites for hydroxylation is 2. The van der Waals surface area contributed by atoms with Gasteiger partial charge in [0, 0.05) is 57.0 Å². The van der Waals surface area contributed by atoms with Crippen LogP contribution in [0.25, 0.3) is 23.2 Å². The number of hydrogen-bond donors (Lipinski definition) is 2. The molecule has 0 radical (unpaired) electrons. The van der Waals surface area contributed by atoms with Crippen LogP contribution in [0.1, 0.15) is 43.5 Å². The summed E-state index contributed by atoms with van der Waals surface area (Å²) in [5.74, 6) is 1.08.